The first-order valence-electron chi connectivity index (χ1n) is 9.93. The molecule has 0 saturated carbocycles. The highest BCUT2D eigenvalue weighted by Crippen LogP contribution is 2.24. The maximum atomic E-state index is 13.1. The van der Waals surface area contributed by atoms with Gasteiger partial charge in [0, 0.05) is 22.6 Å². The number of rotatable bonds is 5. The molecule has 7 nitrogen and oxygen atoms in total. The summed E-state index contributed by atoms with van der Waals surface area (Å²) < 4.78 is 15.1. The molecule has 4 rings (SSSR count). The molecule has 1 fully saturated rings. The molecule has 0 atom stereocenters. The first-order chi connectivity index (χ1) is 15.2. The van der Waals surface area contributed by atoms with Gasteiger partial charge in [-0.25, -0.2) is 9.18 Å². The second-order valence-corrected chi connectivity index (χ2v) is 7.58. The Balaban J connectivity index is 1.61. The van der Waals surface area contributed by atoms with Crippen LogP contribution in [0.5, 0.6) is 0 Å². The number of carbonyl (C=O) groups is 3. The van der Waals surface area contributed by atoms with Gasteiger partial charge in [0.25, 0.3) is 5.91 Å². The number of aromatic nitrogens is 1. The summed E-state index contributed by atoms with van der Waals surface area (Å²) in [4.78, 5) is 37.6. The van der Waals surface area contributed by atoms with E-state index in [4.69, 9.17) is 5.73 Å². The number of urea groups is 1. The Morgan fingerprint density at radius 1 is 1.06 bits per heavy atom. The minimum Gasteiger partial charge on any atom is -0.366 e. The molecule has 0 aliphatic carbocycles. The van der Waals surface area contributed by atoms with Gasteiger partial charge < -0.3 is 15.6 Å². The molecule has 32 heavy (non-hydrogen) atoms. The van der Waals surface area contributed by atoms with E-state index in [0.717, 1.165) is 27.5 Å². The third-order valence-electron chi connectivity index (χ3n) is 5.40. The molecule has 2 aromatic carbocycles. The molecule has 0 spiro atoms. The van der Waals surface area contributed by atoms with E-state index in [2.05, 4.69) is 5.32 Å². The Bertz CT molecular complexity index is 1260. The van der Waals surface area contributed by atoms with Crippen molar-refractivity contribution in [3.8, 4) is 5.69 Å². The molecule has 3 N–H and O–H groups in total. The SMILES string of the molecule is Cc1cc(/C=C2/NC(=O)N(Cc3ccc(F)cc3)C2=O)c(C)n1-c1ccc(C(N)=O)cc1. The maximum absolute atomic E-state index is 13.1. The Morgan fingerprint density at radius 2 is 1.72 bits per heavy atom. The van der Waals surface area contributed by atoms with Gasteiger partial charge >= 0.3 is 6.03 Å². The number of carbonyl (C=O) groups excluding carboxylic acids is 3. The van der Waals surface area contributed by atoms with Gasteiger partial charge in [0.2, 0.25) is 5.91 Å². The van der Waals surface area contributed by atoms with Gasteiger partial charge in [-0.2, -0.15) is 0 Å². The summed E-state index contributed by atoms with van der Waals surface area (Å²) in [5, 5.41) is 2.61. The number of nitrogens with two attached hydrogens (primary N) is 1. The highest BCUT2D eigenvalue weighted by atomic mass is 19.1. The van der Waals surface area contributed by atoms with Crippen molar-refractivity contribution in [1.29, 1.82) is 0 Å². The molecule has 8 heteroatoms. The zero-order valence-electron chi connectivity index (χ0n) is 17.6. The summed E-state index contributed by atoms with van der Waals surface area (Å²) in [5.74, 6) is -1.33. The van der Waals surface area contributed by atoms with Crippen molar-refractivity contribution >= 4 is 23.9 Å². The van der Waals surface area contributed by atoms with Crippen LogP contribution in [0.1, 0.15) is 32.9 Å². The van der Waals surface area contributed by atoms with Crippen LogP contribution >= 0.6 is 0 Å². The molecule has 2 heterocycles. The molecular formula is C24H21FN4O3. The third kappa shape index (κ3) is 3.90. The molecule has 0 bridgehead atoms. The van der Waals surface area contributed by atoms with E-state index >= 15 is 0 Å². The van der Waals surface area contributed by atoms with Crippen LogP contribution in [-0.4, -0.2) is 27.3 Å². The van der Waals surface area contributed by atoms with Gasteiger partial charge in [-0.05, 0) is 73.5 Å². The Morgan fingerprint density at radius 3 is 2.34 bits per heavy atom. The topological polar surface area (TPSA) is 97.4 Å². The minimum atomic E-state index is -0.526. The van der Waals surface area contributed by atoms with Crippen molar-refractivity contribution in [2.24, 2.45) is 5.73 Å². The third-order valence-corrected chi connectivity index (χ3v) is 5.40. The average molecular weight is 432 g/mol. The fourth-order valence-corrected chi connectivity index (χ4v) is 3.75. The summed E-state index contributed by atoms with van der Waals surface area (Å²) in [7, 11) is 0. The number of nitrogens with one attached hydrogen (secondary N) is 1. The molecule has 0 radical (unpaired) electrons. The van der Waals surface area contributed by atoms with E-state index in [9.17, 15) is 18.8 Å². The quantitative estimate of drug-likeness (QED) is 0.477. The number of primary amides is 1. The molecule has 1 aromatic heterocycles. The average Bonchev–Trinajstić information content (AvgIpc) is 3.19. The fourth-order valence-electron chi connectivity index (χ4n) is 3.75. The largest absolute Gasteiger partial charge is 0.366 e. The molecule has 1 saturated heterocycles. The highest BCUT2D eigenvalue weighted by Gasteiger charge is 2.33. The van der Waals surface area contributed by atoms with Gasteiger partial charge in [0.15, 0.2) is 0 Å². The smallest absolute Gasteiger partial charge is 0.329 e. The molecule has 162 valence electrons. The maximum Gasteiger partial charge on any atom is 0.329 e. The first kappa shape index (κ1) is 21.0. The van der Waals surface area contributed by atoms with E-state index < -0.39 is 17.8 Å². The lowest BCUT2D eigenvalue weighted by Crippen LogP contribution is -2.30. The van der Waals surface area contributed by atoms with Crippen LogP contribution < -0.4 is 11.1 Å². The van der Waals surface area contributed by atoms with E-state index in [1.54, 1.807) is 30.3 Å². The van der Waals surface area contributed by atoms with Gasteiger partial charge in [-0.15, -0.1) is 0 Å². The van der Waals surface area contributed by atoms with Crippen molar-refractivity contribution < 1.29 is 18.8 Å². The van der Waals surface area contributed by atoms with Crippen LogP contribution in [0, 0.1) is 19.7 Å². The molecule has 1 aliphatic heterocycles. The van der Waals surface area contributed by atoms with Crippen molar-refractivity contribution in [3.63, 3.8) is 0 Å². The number of benzene rings is 2. The van der Waals surface area contributed by atoms with Crippen LogP contribution in [0.3, 0.4) is 0 Å². The predicted octanol–water partition coefficient (Wildman–Crippen LogP) is 3.43. The Hall–Kier alpha value is -4.20. The van der Waals surface area contributed by atoms with Crippen LogP contribution in [-0.2, 0) is 11.3 Å². The highest BCUT2D eigenvalue weighted by molar-refractivity contribution is 6.14. The van der Waals surface area contributed by atoms with Gasteiger partial charge in [0.1, 0.15) is 11.5 Å². The predicted molar refractivity (Wildman–Crippen MR) is 117 cm³/mol. The van der Waals surface area contributed by atoms with E-state index in [1.807, 2.05) is 24.5 Å². The summed E-state index contributed by atoms with van der Waals surface area (Å²) in [5.41, 5.74) is 9.93. The van der Waals surface area contributed by atoms with Gasteiger partial charge in [-0.3, -0.25) is 14.5 Å². The Labute approximate surface area is 183 Å². The van der Waals surface area contributed by atoms with Gasteiger partial charge in [0.05, 0.1) is 6.54 Å². The summed E-state index contributed by atoms with van der Waals surface area (Å²) in [6, 6.07) is 13.9. The first-order valence-corrected chi connectivity index (χ1v) is 9.93. The van der Waals surface area contributed by atoms with Crippen LogP contribution in [0.2, 0.25) is 0 Å². The molecule has 4 amide bonds. The zero-order valence-corrected chi connectivity index (χ0v) is 17.6. The standard InChI is InChI=1S/C24H21FN4O3/c1-14-11-18(15(2)29(14)20-9-5-17(6-10-20)22(26)30)12-21-23(31)28(24(32)27-21)13-16-3-7-19(25)8-4-16/h3-12H,13H2,1-2H3,(H2,26,30)(H,27,32)/b21-12+. The summed E-state index contributed by atoms with van der Waals surface area (Å²) in [6.45, 7) is 3.87. The molecular weight excluding hydrogens is 411 g/mol. The van der Waals surface area contributed by atoms with Crippen LogP contribution in [0.15, 0.2) is 60.3 Å². The van der Waals surface area contributed by atoms with Crippen molar-refractivity contribution in [3.05, 3.63) is 94.2 Å². The number of halogens is 1. The Kier molecular flexibility index (Phi) is 5.36. The lowest BCUT2D eigenvalue weighted by Gasteiger charge is -2.11. The number of hydrogen-bond donors (Lipinski definition) is 2. The molecule has 0 unspecified atom stereocenters. The number of hydrogen-bond acceptors (Lipinski definition) is 3. The number of amides is 4. The van der Waals surface area contributed by atoms with Crippen molar-refractivity contribution in [2.45, 2.75) is 20.4 Å². The summed E-state index contributed by atoms with van der Waals surface area (Å²) in [6.07, 6.45) is 1.64. The van der Waals surface area contributed by atoms with E-state index in [-0.39, 0.29) is 18.1 Å². The number of aryl methyl sites for hydroxylation is 1. The normalized spacial score (nSPS) is 14.8. The lowest BCUT2D eigenvalue weighted by molar-refractivity contribution is -0.123. The molecule has 3 aromatic rings. The van der Waals surface area contributed by atoms with Crippen molar-refractivity contribution in [2.75, 3.05) is 0 Å². The second kappa shape index (κ2) is 8.14. The van der Waals surface area contributed by atoms with Crippen LogP contribution in [0.25, 0.3) is 11.8 Å². The monoisotopic (exact) mass is 432 g/mol. The van der Waals surface area contributed by atoms with Gasteiger partial charge in [-0.1, -0.05) is 12.1 Å². The second-order valence-electron chi connectivity index (χ2n) is 7.58. The number of nitrogens with zero attached hydrogens (tertiary/aromatic N) is 2. The fraction of sp³-hybridized carbons (Fsp3) is 0.125. The summed E-state index contributed by atoms with van der Waals surface area (Å²) >= 11 is 0. The van der Waals surface area contributed by atoms with Crippen molar-refractivity contribution in [1.82, 2.24) is 14.8 Å². The molecule has 1 aliphatic rings. The van der Waals surface area contributed by atoms with E-state index in [0.29, 0.717) is 11.1 Å². The minimum absolute atomic E-state index is 0.0491. The zero-order chi connectivity index (χ0) is 23.0. The van der Waals surface area contributed by atoms with E-state index in [1.165, 1.54) is 24.3 Å². The number of imide groups is 1. The van der Waals surface area contributed by atoms with Crippen LogP contribution in [0.4, 0.5) is 9.18 Å². The lowest BCUT2D eigenvalue weighted by atomic mass is 10.2.